The number of nitrogens with zero attached hydrogens (tertiary/aromatic N) is 2. The van der Waals surface area contributed by atoms with Gasteiger partial charge in [0.05, 0.1) is 17.3 Å². The minimum absolute atomic E-state index is 0.183. The highest BCUT2D eigenvalue weighted by Gasteiger charge is 2.46. The fourth-order valence-electron chi connectivity index (χ4n) is 4.52. The van der Waals surface area contributed by atoms with Gasteiger partial charge in [0, 0.05) is 12.8 Å². The molecule has 2 aliphatic heterocycles. The number of hydrogen-bond acceptors (Lipinski definition) is 2. The lowest BCUT2D eigenvalue weighted by molar-refractivity contribution is 0.0744. The molecule has 1 saturated heterocycles. The van der Waals surface area contributed by atoms with Crippen LogP contribution in [0.5, 0.6) is 0 Å². The molecule has 0 unspecified atom stereocenters. The molecule has 116 valence electrons. The highest BCUT2D eigenvalue weighted by Crippen LogP contribution is 2.47. The number of aliphatic imine (C=N–C) groups is 1. The predicted octanol–water partition coefficient (Wildman–Crippen LogP) is 4.18. The first-order chi connectivity index (χ1) is 10.6. The SMILES string of the molecule is Cc1cc2c(cc1C)C(=O)N1CC3(CCCCC3)C[C@H]1C=N2. The van der Waals surface area contributed by atoms with Crippen LogP contribution in [0.4, 0.5) is 5.69 Å². The van der Waals surface area contributed by atoms with Crippen LogP contribution < -0.4 is 0 Å². The minimum atomic E-state index is 0.183. The summed E-state index contributed by atoms with van der Waals surface area (Å²) in [7, 11) is 0. The lowest BCUT2D eigenvalue weighted by Gasteiger charge is -2.33. The van der Waals surface area contributed by atoms with E-state index in [1.54, 1.807) is 0 Å². The molecule has 1 atom stereocenters. The Hall–Kier alpha value is -1.64. The second kappa shape index (κ2) is 4.94. The molecular weight excluding hydrogens is 272 g/mol. The summed E-state index contributed by atoms with van der Waals surface area (Å²) in [5, 5.41) is 0. The number of fused-ring (bicyclic) bond motifs is 2. The lowest BCUT2D eigenvalue weighted by Crippen LogP contribution is -2.36. The van der Waals surface area contributed by atoms with Crippen molar-refractivity contribution in [3.63, 3.8) is 0 Å². The summed E-state index contributed by atoms with van der Waals surface area (Å²) in [5.41, 5.74) is 4.37. The molecule has 0 radical (unpaired) electrons. The number of amides is 1. The van der Waals surface area contributed by atoms with Gasteiger partial charge in [-0.25, -0.2) is 0 Å². The Morgan fingerprint density at radius 2 is 1.86 bits per heavy atom. The van der Waals surface area contributed by atoms with Gasteiger partial charge in [-0.1, -0.05) is 19.3 Å². The molecule has 3 nitrogen and oxygen atoms in total. The Balaban J connectivity index is 1.71. The quantitative estimate of drug-likeness (QED) is 0.706. The number of carbonyl (C=O) groups excluding carboxylic acids is 1. The highest BCUT2D eigenvalue weighted by atomic mass is 16.2. The van der Waals surface area contributed by atoms with Crippen molar-refractivity contribution in [1.82, 2.24) is 4.90 Å². The van der Waals surface area contributed by atoms with Crippen LogP contribution in [0.3, 0.4) is 0 Å². The van der Waals surface area contributed by atoms with Crippen LogP contribution in [0.25, 0.3) is 0 Å². The number of benzene rings is 1. The number of hydrogen-bond donors (Lipinski definition) is 0. The van der Waals surface area contributed by atoms with Crippen LogP contribution in [0.2, 0.25) is 0 Å². The maximum Gasteiger partial charge on any atom is 0.256 e. The molecule has 0 N–H and O–H groups in total. The molecule has 0 aromatic heterocycles. The third-order valence-electron chi connectivity index (χ3n) is 5.95. The standard InChI is InChI=1S/C19H24N2O/c1-13-8-16-17(9-14(13)2)20-11-15-10-19(6-4-3-5-7-19)12-21(15)18(16)22/h8-9,11,15H,3-7,10,12H2,1-2H3/t15-/m0/s1. The Morgan fingerprint density at radius 1 is 1.14 bits per heavy atom. The Morgan fingerprint density at radius 3 is 2.64 bits per heavy atom. The van der Waals surface area contributed by atoms with Gasteiger partial charge in [-0.2, -0.15) is 0 Å². The molecule has 1 spiro atoms. The molecule has 1 aliphatic carbocycles. The number of rotatable bonds is 0. The van der Waals surface area contributed by atoms with Crippen molar-refractivity contribution >= 4 is 17.8 Å². The predicted molar refractivity (Wildman–Crippen MR) is 89.0 cm³/mol. The van der Waals surface area contributed by atoms with Crippen molar-refractivity contribution in [2.75, 3.05) is 6.54 Å². The summed E-state index contributed by atoms with van der Waals surface area (Å²) >= 11 is 0. The van der Waals surface area contributed by atoms with Crippen molar-refractivity contribution in [1.29, 1.82) is 0 Å². The van der Waals surface area contributed by atoms with Crippen LogP contribution >= 0.6 is 0 Å². The lowest BCUT2D eigenvalue weighted by atomic mass is 9.73. The van der Waals surface area contributed by atoms with Crippen molar-refractivity contribution < 1.29 is 4.79 Å². The Labute approximate surface area is 132 Å². The molecule has 1 aromatic carbocycles. The highest BCUT2D eigenvalue weighted by molar-refractivity contribution is 6.03. The third-order valence-corrected chi connectivity index (χ3v) is 5.95. The molecule has 3 aliphatic rings. The van der Waals surface area contributed by atoms with Gasteiger partial charge in [-0.3, -0.25) is 9.79 Å². The maximum atomic E-state index is 13.1. The Kier molecular flexibility index (Phi) is 3.14. The summed E-state index contributed by atoms with van der Waals surface area (Å²) in [6, 6.07) is 4.27. The molecule has 1 amide bonds. The largest absolute Gasteiger partial charge is 0.330 e. The van der Waals surface area contributed by atoms with E-state index in [1.165, 1.54) is 43.2 Å². The van der Waals surface area contributed by atoms with E-state index in [2.05, 4.69) is 29.8 Å². The van der Waals surface area contributed by atoms with E-state index in [-0.39, 0.29) is 11.9 Å². The van der Waals surface area contributed by atoms with E-state index in [4.69, 9.17) is 0 Å². The van der Waals surface area contributed by atoms with E-state index < -0.39 is 0 Å². The molecule has 1 saturated carbocycles. The molecule has 2 fully saturated rings. The number of carbonyl (C=O) groups is 1. The van der Waals surface area contributed by atoms with Crippen LogP contribution in [-0.2, 0) is 0 Å². The van der Waals surface area contributed by atoms with Gasteiger partial charge >= 0.3 is 0 Å². The van der Waals surface area contributed by atoms with Crippen molar-refractivity contribution in [3.8, 4) is 0 Å². The molecule has 22 heavy (non-hydrogen) atoms. The van der Waals surface area contributed by atoms with Gasteiger partial charge in [-0.15, -0.1) is 0 Å². The van der Waals surface area contributed by atoms with E-state index in [1.807, 2.05) is 12.3 Å². The van der Waals surface area contributed by atoms with Crippen LogP contribution in [-0.4, -0.2) is 29.6 Å². The van der Waals surface area contributed by atoms with E-state index in [0.29, 0.717) is 5.41 Å². The van der Waals surface area contributed by atoms with Gasteiger partial charge < -0.3 is 4.90 Å². The van der Waals surface area contributed by atoms with Gasteiger partial charge in [-0.05, 0) is 61.8 Å². The average Bonchev–Trinajstić information content (AvgIpc) is 2.81. The summed E-state index contributed by atoms with van der Waals surface area (Å²) in [5.74, 6) is 0.183. The molecule has 2 heterocycles. The maximum absolute atomic E-state index is 13.1. The topological polar surface area (TPSA) is 32.7 Å². The van der Waals surface area contributed by atoms with Gasteiger partial charge in [0.25, 0.3) is 5.91 Å². The average molecular weight is 296 g/mol. The summed E-state index contributed by atoms with van der Waals surface area (Å²) < 4.78 is 0. The van der Waals surface area contributed by atoms with E-state index in [0.717, 1.165) is 24.2 Å². The first-order valence-corrected chi connectivity index (χ1v) is 8.54. The molecule has 3 heteroatoms. The van der Waals surface area contributed by atoms with Crippen LogP contribution in [0.15, 0.2) is 17.1 Å². The smallest absolute Gasteiger partial charge is 0.256 e. The minimum Gasteiger partial charge on any atom is -0.330 e. The fourth-order valence-corrected chi connectivity index (χ4v) is 4.52. The fraction of sp³-hybridized carbons (Fsp3) is 0.579. The molecule has 0 bridgehead atoms. The van der Waals surface area contributed by atoms with Crippen molar-refractivity contribution in [3.05, 3.63) is 28.8 Å². The summed E-state index contributed by atoms with van der Waals surface area (Å²) in [6.45, 7) is 5.08. The van der Waals surface area contributed by atoms with Crippen LogP contribution in [0.1, 0.15) is 60.0 Å². The second-order valence-corrected chi connectivity index (χ2v) is 7.50. The number of aryl methyl sites for hydroxylation is 2. The van der Waals surface area contributed by atoms with E-state index >= 15 is 0 Å². The van der Waals surface area contributed by atoms with E-state index in [9.17, 15) is 4.79 Å². The normalized spacial score (nSPS) is 26.0. The van der Waals surface area contributed by atoms with Gasteiger partial charge in [0.2, 0.25) is 0 Å². The zero-order valence-electron chi connectivity index (χ0n) is 13.6. The monoisotopic (exact) mass is 296 g/mol. The first-order valence-electron chi connectivity index (χ1n) is 8.54. The summed E-state index contributed by atoms with van der Waals surface area (Å²) in [4.78, 5) is 19.8. The Bertz CT molecular complexity index is 656. The van der Waals surface area contributed by atoms with Crippen molar-refractivity contribution in [2.24, 2.45) is 10.4 Å². The first kappa shape index (κ1) is 14.0. The molecular formula is C19H24N2O. The second-order valence-electron chi connectivity index (χ2n) is 7.50. The molecule has 1 aromatic rings. The molecule has 4 rings (SSSR count). The summed E-state index contributed by atoms with van der Waals surface area (Å²) in [6.07, 6.45) is 9.69. The van der Waals surface area contributed by atoms with Gasteiger partial charge in [0.15, 0.2) is 0 Å². The zero-order valence-corrected chi connectivity index (χ0v) is 13.6. The van der Waals surface area contributed by atoms with Crippen LogP contribution in [0, 0.1) is 19.3 Å². The van der Waals surface area contributed by atoms with Gasteiger partial charge in [0.1, 0.15) is 0 Å². The third kappa shape index (κ3) is 2.10. The van der Waals surface area contributed by atoms with Crippen molar-refractivity contribution in [2.45, 2.75) is 58.4 Å². The zero-order chi connectivity index (χ0) is 15.3.